The van der Waals surface area contributed by atoms with E-state index < -0.39 is 41.4 Å². The third-order valence-electron chi connectivity index (χ3n) is 7.29. The second-order valence-corrected chi connectivity index (χ2v) is 11.6. The molecule has 1 saturated heterocycles. The summed E-state index contributed by atoms with van der Waals surface area (Å²) in [4.78, 5) is 53.0. The molecule has 0 radical (unpaired) electrons. The molecule has 3 N–H and O–H groups in total. The maximum atomic E-state index is 13.6. The molecule has 222 valence electrons. The number of methoxy groups -OCH3 is 1. The summed E-state index contributed by atoms with van der Waals surface area (Å²) in [6.45, 7) is 5.82. The van der Waals surface area contributed by atoms with Gasteiger partial charge < -0.3 is 29.9 Å². The molecule has 41 heavy (non-hydrogen) atoms. The number of carbonyl (C=O) groups is 4. The van der Waals surface area contributed by atoms with Gasteiger partial charge >= 0.3 is 0 Å². The summed E-state index contributed by atoms with van der Waals surface area (Å²) in [6.07, 6.45) is 3.60. The number of benzene rings is 1. The van der Waals surface area contributed by atoms with Crippen LogP contribution in [0.15, 0.2) is 40.9 Å². The quantitative estimate of drug-likeness (QED) is 0.260. The molecular formula is C30H40N4O7. The summed E-state index contributed by atoms with van der Waals surface area (Å²) >= 11 is 0. The van der Waals surface area contributed by atoms with Crippen molar-refractivity contribution in [2.24, 2.45) is 11.8 Å². The van der Waals surface area contributed by atoms with Gasteiger partial charge in [-0.05, 0) is 43.6 Å². The molecule has 2 fully saturated rings. The largest absolute Gasteiger partial charge is 0.382 e. The zero-order valence-electron chi connectivity index (χ0n) is 24.1. The minimum atomic E-state index is -1.10. The predicted octanol–water partition coefficient (Wildman–Crippen LogP) is 1.99. The lowest BCUT2D eigenvalue weighted by atomic mass is 9.93. The SMILES string of the molecule is COCC(NC(=O)c1cc(CC2CC2)on1)C(=O)N[C@@H](Cc1ccccc1)C(=O)N[C@@H](CC(C)C)C(=O)[C@@]1(C)CO1. The maximum Gasteiger partial charge on any atom is 0.274 e. The van der Waals surface area contributed by atoms with Gasteiger partial charge in [-0.3, -0.25) is 19.2 Å². The predicted molar refractivity (Wildman–Crippen MR) is 149 cm³/mol. The fourth-order valence-corrected chi connectivity index (χ4v) is 4.63. The Morgan fingerprint density at radius 1 is 1.02 bits per heavy atom. The summed E-state index contributed by atoms with van der Waals surface area (Å²) in [7, 11) is 1.41. The normalized spacial score (nSPS) is 20.1. The molecule has 2 heterocycles. The van der Waals surface area contributed by atoms with Crippen LogP contribution in [0.25, 0.3) is 0 Å². The summed E-state index contributed by atoms with van der Waals surface area (Å²) in [5.41, 5.74) is -0.0207. The molecule has 1 aromatic heterocycles. The minimum absolute atomic E-state index is 0.0685. The fourth-order valence-electron chi connectivity index (χ4n) is 4.63. The van der Waals surface area contributed by atoms with Crippen molar-refractivity contribution in [1.29, 1.82) is 0 Å². The van der Waals surface area contributed by atoms with Crippen LogP contribution < -0.4 is 16.0 Å². The van der Waals surface area contributed by atoms with E-state index in [0.29, 0.717) is 24.7 Å². The molecule has 0 spiro atoms. The summed E-state index contributed by atoms with van der Waals surface area (Å²) in [5, 5.41) is 12.1. The number of amides is 3. The average molecular weight is 569 g/mol. The smallest absolute Gasteiger partial charge is 0.274 e. The van der Waals surface area contributed by atoms with E-state index in [1.54, 1.807) is 13.0 Å². The van der Waals surface area contributed by atoms with Crippen LogP contribution in [0.2, 0.25) is 0 Å². The third kappa shape index (κ3) is 8.71. The van der Waals surface area contributed by atoms with Crippen molar-refractivity contribution in [3.63, 3.8) is 0 Å². The van der Waals surface area contributed by atoms with Crippen LogP contribution >= 0.6 is 0 Å². The molecule has 3 amide bonds. The van der Waals surface area contributed by atoms with E-state index >= 15 is 0 Å². The first kappa shape index (κ1) is 30.4. The van der Waals surface area contributed by atoms with E-state index in [9.17, 15) is 19.2 Å². The minimum Gasteiger partial charge on any atom is -0.382 e. The molecule has 1 saturated carbocycles. The number of hydrogen-bond donors (Lipinski definition) is 3. The van der Waals surface area contributed by atoms with E-state index in [1.165, 1.54) is 7.11 Å². The van der Waals surface area contributed by atoms with Crippen LogP contribution in [0.1, 0.15) is 61.8 Å². The molecule has 1 unspecified atom stereocenters. The van der Waals surface area contributed by atoms with Gasteiger partial charge in [-0.2, -0.15) is 0 Å². The van der Waals surface area contributed by atoms with Gasteiger partial charge in [0, 0.05) is 26.0 Å². The second kappa shape index (κ2) is 13.4. The monoisotopic (exact) mass is 568 g/mol. The summed E-state index contributed by atoms with van der Waals surface area (Å²) < 4.78 is 15.8. The molecule has 4 rings (SSSR count). The molecule has 2 aromatic rings. The highest BCUT2D eigenvalue weighted by Gasteiger charge is 2.50. The van der Waals surface area contributed by atoms with Gasteiger partial charge in [0.2, 0.25) is 11.8 Å². The Kier molecular flexibility index (Phi) is 9.93. The Labute approximate surface area is 240 Å². The molecule has 1 aliphatic carbocycles. The number of nitrogens with zero attached hydrogens (tertiary/aromatic N) is 1. The molecule has 11 heteroatoms. The van der Waals surface area contributed by atoms with Gasteiger partial charge in [-0.15, -0.1) is 0 Å². The number of carbonyl (C=O) groups excluding carboxylic acids is 4. The van der Waals surface area contributed by atoms with Gasteiger partial charge in [-0.25, -0.2) is 0 Å². The number of aromatic nitrogens is 1. The number of ketones is 1. The zero-order valence-corrected chi connectivity index (χ0v) is 24.1. The van der Waals surface area contributed by atoms with Crippen molar-refractivity contribution < 1.29 is 33.2 Å². The van der Waals surface area contributed by atoms with E-state index in [0.717, 1.165) is 24.8 Å². The van der Waals surface area contributed by atoms with Crippen molar-refractivity contribution in [2.75, 3.05) is 20.3 Å². The first-order valence-corrected chi connectivity index (χ1v) is 14.2. The average Bonchev–Trinajstić information content (AvgIpc) is 3.85. The van der Waals surface area contributed by atoms with Gasteiger partial charge in [0.1, 0.15) is 23.4 Å². The van der Waals surface area contributed by atoms with E-state index in [1.807, 2.05) is 44.2 Å². The van der Waals surface area contributed by atoms with Crippen LogP contribution in [0, 0.1) is 11.8 Å². The fraction of sp³-hybridized carbons (Fsp3) is 0.567. The third-order valence-corrected chi connectivity index (χ3v) is 7.29. The lowest BCUT2D eigenvalue weighted by Gasteiger charge is -2.26. The highest BCUT2D eigenvalue weighted by Crippen LogP contribution is 2.32. The molecular weight excluding hydrogens is 528 g/mol. The first-order valence-electron chi connectivity index (χ1n) is 14.2. The van der Waals surface area contributed by atoms with Crippen molar-refractivity contribution in [1.82, 2.24) is 21.1 Å². The Bertz CT molecular complexity index is 1220. The summed E-state index contributed by atoms with van der Waals surface area (Å²) in [6, 6.07) is 7.92. The zero-order chi connectivity index (χ0) is 29.6. The number of nitrogens with one attached hydrogen (secondary N) is 3. The second-order valence-electron chi connectivity index (χ2n) is 11.6. The number of epoxide rings is 1. The molecule has 4 atom stereocenters. The van der Waals surface area contributed by atoms with E-state index in [2.05, 4.69) is 21.1 Å². The highest BCUT2D eigenvalue weighted by atomic mass is 16.6. The van der Waals surface area contributed by atoms with Crippen LogP contribution in [-0.4, -0.2) is 72.7 Å². The molecule has 0 bridgehead atoms. The highest BCUT2D eigenvalue weighted by molar-refractivity contribution is 5.99. The van der Waals surface area contributed by atoms with Crippen molar-refractivity contribution in [3.8, 4) is 0 Å². The number of Topliss-reactive ketones (excluding diaryl/α,β-unsaturated/α-hetero) is 1. The van der Waals surface area contributed by atoms with Gasteiger partial charge in [-0.1, -0.05) is 49.3 Å². The van der Waals surface area contributed by atoms with Crippen molar-refractivity contribution in [3.05, 3.63) is 53.4 Å². The number of hydrogen-bond acceptors (Lipinski definition) is 8. The van der Waals surface area contributed by atoms with Gasteiger partial charge in [0.05, 0.1) is 19.3 Å². The van der Waals surface area contributed by atoms with Gasteiger partial charge in [0.25, 0.3) is 5.91 Å². The number of ether oxygens (including phenoxy) is 2. The van der Waals surface area contributed by atoms with E-state index in [-0.39, 0.29) is 30.4 Å². The van der Waals surface area contributed by atoms with Crippen molar-refractivity contribution >= 4 is 23.5 Å². The van der Waals surface area contributed by atoms with Crippen LogP contribution in [0.5, 0.6) is 0 Å². The summed E-state index contributed by atoms with van der Waals surface area (Å²) in [5.74, 6) is -0.567. The van der Waals surface area contributed by atoms with Crippen LogP contribution in [0.3, 0.4) is 0 Å². The Balaban J connectivity index is 1.46. The Morgan fingerprint density at radius 3 is 2.29 bits per heavy atom. The molecule has 2 aliphatic rings. The number of rotatable bonds is 16. The lowest BCUT2D eigenvalue weighted by Crippen LogP contribution is -2.58. The van der Waals surface area contributed by atoms with Gasteiger partial charge in [0.15, 0.2) is 11.5 Å². The first-order chi connectivity index (χ1) is 19.6. The Morgan fingerprint density at radius 2 is 1.68 bits per heavy atom. The lowest BCUT2D eigenvalue weighted by molar-refractivity contribution is -0.133. The van der Waals surface area contributed by atoms with Crippen molar-refractivity contribution in [2.45, 2.75) is 76.6 Å². The topological polar surface area (TPSA) is 152 Å². The van der Waals surface area contributed by atoms with Crippen LogP contribution in [0.4, 0.5) is 0 Å². The van der Waals surface area contributed by atoms with Crippen LogP contribution in [-0.2, 0) is 36.7 Å². The van der Waals surface area contributed by atoms with E-state index in [4.69, 9.17) is 14.0 Å². The molecule has 1 aliphatic heterocycles. The maximum absolute atomic E-state index is 13.6. The Hall–Kier alpha value is -3.57. The molecule has 11 nitrogen and oxygen atoms in total. The standard InChI is InChI=1S/C30H40N4O7/c1-18(2)12-22(26(35)30(3)17-40-30)31-27(36)23(14-19-8-6-5-7-9-19)32-29(38)25(16-39-4)33-28(37)24-15-21(41-34-24)13-20-10-11-20/h5-9,15,18,20,22-23,25H,10-14,16-17H2,1-4H3,(H,31,36)(H,32,38)(H,33,37)/t22-,23-,25?,30+/m0/s1. The molecule has 1 aromatic carbocycles.